The van der Waals surface area contributed by atoms with Gasteiger partial charge in [0.15, 0.2) is 0 Å². The van der Waals surface area contributed by atoms with Crippen LogP contribution in [-0.4, -0.2) is 64.5 Å². The van der Waals surface area contributed by atoms with Crippen molar-refractivity contribution in [1.29, 1.82) is 0 Å². The number of carboxylic acid groups (broad SMARTS) is 2. The zero-order valence-electron chi connectivity index (χ0n) is 14.9. The van der Waals surface area contributed by atoms with E-state index in [0.717, 1.165) is 0 Å². The molecule has 4 unspecified atom stereocenters. The zero-order valence-corrected chi connectivity index (χ0v) is 14.9. The van der Waals surface area contributed by atoms with Gasteiger partial charge in [-0.15, -0.1) is 0 Å². The van der Waals surface area contributed by atoms with Gasteiger partial charge in [-0.05, 0) is 12.8 Å². The number of carbonyl (C=O) groups excluding carboxylic acids is 3. The van der Waals surface area contributed by atoms with E-state index in [4.69, 9.17) is 15.9 Å². The SMILES string of the molecule is CCC(C)C(NC(=O)C(C)N)C(=O)NC(CC(=O)O)C(=O)NCC(=O)O. The number of nitrogens with one attached hydrogen (secondary N) is 3. The van der Waals surface area contributed by atoms with Crippen LogP contribution < -0.4 is 21.7 Å². The summed E-state index contributed by atoms with van der Waals surface area (Å²) in [5, 5.41) is 24.2. The Kier molecular flexibility index (Phi) is 9.89. The average molecular weight is 374 g/mol. The smallest absolute Gasteiger partial charge is 0.322 e. The van der Waals surface area contributed by atoms with Crippen LogP contribution in [-0.2, 0) is 24.0 Å². The summed E-state index contributed by atoms with van der Waals surface area (Å²) in [6.45, 7) is 4.20. The molecule has 26 heavy (non-hydrogen) atoms. The van der Waals surface area contributed by atoms with E-state index in [9.17, 15) is 24.0 Å². The Morgan fingerprint density at radius 1 is 0.923 bits per heavy atom. The van der Waals surface area contributed by atoms with Crippen LogP contribution >= 0.6 is 0 Å². The van der Waals surface area contributed by atoms with Gasteiger partial charge in [-0.1, -0.05) is 20.3 Å². The topological polar surface area (TPSA) is 188 Å². The second-order valence-electron chi connectivity index (χ2n) is 5.93. The third-order valence-electron chi connectivity index (χ3n) is 3.63. The molecular formula is C15H26N4O7. The van der Waals surface area contributed by atoms with Crippen molar-refractivity contribution in [3.05, 3.63) is 0 Å². The number of hydrogen-bond donors (Lipinski definition) is 6. The summed E-state index contributed by atoms with van der Waals surface area (Å²) >= 11 is 0. The van der Waals surface area contributed by atoms with E-state index in [0.29, 0.717) is 6.42 Å². The molecule has 0 radical (unpaired) electrons. The van der Waals surface area contributed by atoms with E-state index >= 15 is 0 Å². The molecule has 0 heterocycles. The van der Waals surface area contributed by atoms with Crippen LogP contribution in [0, 0.1) is 5.92 Å². The molecule has 0 aromatic rings. The summed E-state index contributed by atoms with van der Waals surface area (Å²) in [7, 11) is 0. The number of hydrogen-bond acceptors (Lipinski definition) is 6. The van der Waals surface area contributed by atoms with Crippen molar-refractivity contribution >= 4 is 29.7 Å². The first-order chi connectivity index (χ1) is 12.0. The quantitative estimate of drug-likeness (QED) is 0.240. The van der Waals surface area contributed by atoms with Gasteiger partial charge in [-0.3, -0.25) is 24.0 Å². The summed E-state index contributed by atoms with van der Waals surface area (Å²) in [4.78, 5) is 57.7. The molecule has 0 saturated carbocycles. The number of amides is 3. The zero-order chi connectivity index (χ0) is 20.4. The highest BCUT2D eigenvalue weighted by atomic mass is 16.4. The molecule has 0 fully saturated rings. The first-order valence-electron chi connectivity index (χ1n) is 8.07. The predicted molar refractivity (Wildman–Crippen MR) is 89.9 cm³/mol. The largest absolute Gasteiger partial charge is 0.481 e. The van der Waals surface area contributed by atoms with Crippen LogP contribution in [0.1, 0.15) is 33.6 Å². The fourth-order valence-electron chi connectivity index (χ4n) is 1.92. The third kappa shape index (κ3) is 8.42. The molecule has 0 spiro atoms. The molecule has 4 atom stereocenters. The lowest BCUT2D eigenvalue weighted by molar-refractivity contribution is -0.142. The fourth-order valence-corrected chi connectivity index (χ4v) is 1.92. The minimum atomic E-state index is -1.49. The third-order valence-corrected chi connectivity index (χ3v) is 3.63. The summed E-state index contributed by atoms with van der Waals surface area (Å²) in [5.74, 6) is -5.28. The van der Waals surface area contributed by atoms with E-state index in [-0.39, 0.29) is 5.92 Å². The van der Waals surface area contributed by atoms with Gasteiger partial charge in [0.2, 0.25) is 17.7 Å². The Labute approximate surface area is 150 Å². The van der Waals surface area contributed by atoms with Crippen molar-refractivity contribution in [2.24, 2.45) is 11.7 Å². The Bertz CT molecular complexity index is 550. The van der Waals surface area contributed by atoms with Crippen molar-refractivity contribution in [3.63, 3.8) is 0 Å². The Morgan fingerprint density at radius 2 is 1.50 bits per heavy atom. The summed E-state index contributed by atoms with van der Waals surface area (Å²) in [6, 6.07) is -3.37. The molecule has 0 aliphatic carbocycles. The molecule has 0 aromatic carbocycles. The minimum absolute atomic E-state index is 0.315. The normalized spacial score (nSPS) is 15.1. The highest BCUT2D eigenvalue weighted by molar-refractivity contribution is 5.95. The predicted octanol–water partition coefficient (Wildman–Crippen LogP) is -1.98. The summed E-state index contributed by atoms with van der Waals surface area (Å²) < 4.78 is 0. The van der Waals surface area contributed by atoms with E-state index in [1.807, 2.05) is 5.32 Å². The molecule has 0 saturated heterocycles. The Balaban J connectivity index is 5.24. The second-order valence-corrected chi connectivity index (χ2v) is 5.93. The van der Waals surface area contributed by atoms with Crippen LogP contribution in [0.5, 0.6) is 0 Å². The first-order valence-corrected chi connectivity index (χ1v) is 8.07. The lowest BCUT2D eigenvalue weighted by Crippen LogP contribution is -2.57. The molecule has 0 aliphatic rings. The standard InChI is InChI=1S/C15H26N4O7/c1-4-7(2)12(19-13(24)8(3)16)15(26)18-9(5-10(20)21)14(25)17-6-11(22)23/h7-9,12H,4-6,16H2,1-3H3,(H,17,25)(H,18,26)(H,19,24)(H,20,21)(H,22,23). The van der Waals surface area contributed by atoms with E-state index < -0.39 is 60.8 Å². The monoisotopic (exact) mass is 374 g/mol. The maximum atomic E-state index is 12.5. The van der Waals surface area contributed by atoms with Crippen LogP contribution in [0.15, 0.2) is 0 Å². The van der Waals surface area contributed by atoms with E-state index in [2.05, 4.69) is 10.6 Å². The first kappa shape index (κ1) is 23.3. The maximum absolute atomic E-state index is 12.5. The van der Waals surface area contributed by atoms with Gasteiger partial charge in [0, 0.05) is 0 Å². The summed E-state index contributed by atoms with van der Waals surface area (Å²) in [6.07, 6.45) is -0.224. The molecule has 3 amide bonds. The van der Waals surface area contributed by atoms with Gasteiger partial charge in [0.1, 0.15) is 18.6 Å². The maximum Gasteiger partial charge on any atom is 0.322 e. The number of carboxylic acids is 2. The number of rotatable bonds is 11. The highest BCUT2D eigenvalue weighted by Crippen LogP contribution is 2.09. The van der Waals surface area contributed by atoms with Gasteiger partial charge in [0.05, 0.1) is 12.5 Å². The number of nitrogens with two attached hydrogens (primary N) is 1. The average Bonchev–Trinajstić information content (AvgIpc) is 2.55. The molecule has 0 aromatic heterocycles. The lowest BCUT2D eigenvalue weighted by Gasteiger charge is -2.26. The molecule has 11 nitrogen and oxygen atoms in total. The van der Waals surface area contributed by atoms with Crippen molar-refractivity contribution in [2.75, 3.05) is 6.54 Å². The summed E-state index contributed by atoms with van der Waals surface area (Å²) in [5.41, 5.74) is 5.47. The van der Waals surface area contributed by atoms with Crippen molar-refractivity contribution < 1.29 is 34.2 Å². The number of aliphatic carboxylic acids is 2. The van der Waals surface area contributed by atoms with E-state index in [1.54, 1.807) is 13.8 Å². The minimum Gasteiger partial charge on any atom is -0.481 e. The Hall–Kier alpha value is -2.69. The van der Waals surface area contributed by atoms with Gasteiger partial charge < -0.3 is 31.9 Å². The van der Waals surface area contributed by atoms with Crippen LogP contribution in [0.2, 0.25) is 0 Å². The van der Waals surface area contributed by atoms with Gasteiger partial charge in [-0.2, -0.15) is 0 Å². The molecule has 11 heteroatoms. The molecule has 0 rings (SSSR count). The van der Waals surface area contributed by atoms with Crippen molar-refractivity contribution in [1.82, 2.24) is 16.0 Å². The van der Waals surface area contributed by atoms with Gasteiger partial charge in [-0.25, -0.2) is 0 Å². The van der Waals surface area contributed by atoms with Crippen molar-refractivity contribution in [2.45, 2.75) is 51.7 Å². The molecule has 0 aliphatic heterocycles. The van der Waals surface area contributed by atoms with Gasteiger partial charge in [0.25, 0.3) is 0 Å². The van der Waals surface area contributed by atoms with E-state index in [1.165, 1.54) is 6.92 Å². The van der Waals surface area contributed by atoms with Crippen molar-refractivity contribution in [3.8, 4) is 0 Å². The lowest BCUT2D eigenvalue weighted by atomic mass is 9.97. The van der Waals surface area contributed by atoms with Crippen LogP contribution in [0.4, 0.5) is 0 Å². The molecular weight excluding hydrogens is 348 g/mol. The Morgan fingerprint density at radius 3 is 1.92 bits per heavy atom. The molecule has 0 bridgehead atoms. The molecule has 7 N–H and O–H groups in total. The van der Waals surface area contributed by atoms with Crippen LogP contribution in [0.3, 0.4) is 0 Å². The second kappa shape index (κ2) is 11.0. The highest BCUT2D eigenvalue weighted by Gasteiger charge is 2.31. The fraction of sp³-hybridized carbons (Fsp3) is 0.667. The van der Waals surface area contributed by atoms with Crippen LogP contribution in [0.25, 0.3) is 0 Å². The molecule has 148 valence electrons. The van der Waals surface area contributed by atoms with Gasteiger partial charge >= 0.3 is 11.9 Å². The number of carbonyl (C=O) groups is 5.